The second kappa shape index (κ2) is 9.24. The molecule has 0 fully saturated rings. The molecule has 2 heterocycles. The zero-order valence-electron chi connectivity index (χ0n) is 18.5. The number of carbonyl (C=O) groups is 2. The third-order valence-electron chi connectivity index (χ3n) is 5.59. The lowest BCUT2D eigenvalue weighted by Gasteiger charge is -2.27. The Morgan fingerprint density at radius 3 is 2.53 bits per heavy atom. The molecule has 1 aliphatic rings. The number of nitrogens with zero attached hydrogens (tertiary/aromatic N) is 1. The number of benzene rings is 2. The quantitative estimate of drug-likeness (QED) is 0.372. The van der Waals surface area contributed by atoms with E-state index in [9.17, 15) is 22.8 Å². The average Bonchev–Trinajstić information content (AvgIpc) is 3.10. The van der Waals surface area contributed by atoms with Gasteiger partial charge in [-0.2, -0.15) is 13.2 Å². The highest BCUT2D eigenvalue weighted by molar-refractivity contribution is 6.00. The lowest BCUT2D eigenvalue weighted by molar-refractivity contribution is -0.137. The first-order valence-corrected chi connectivity index (χ1v) is 10.6. The smallest absolute Gasteiger partial charge is 0.416 e. The van der Waals surface area contributed by atoms with Crippen LogP contribution >= 0.6 is 0 Å². The zero-order chi connectivity index (χ0) is 24.5. The van der Waals surface area contributed by atoms with Crippen molar-refractivity contribution in [2.45, 2.75) is 32.7 Å². The number of hydrogen-bond donors (Lipinski definition) is 0. The van der Waals surface area contributed by atoms with E-state index in [2.05, 4.69) is 0 Å². The molecule has 0 bridgehead atoms. The summed E-state index contributed by atoms with van der Waals surface area (Å²) in [6.07, 6.45) is -4.85. The maximum absolute atomic E-state index is 12.9. The van der Waals surface area contributed by atoms with Crippen LogP contribution < -0.4 is 9.47 Å². The molecule has 1 atom stereocenters. The summed E-state index contributed by atoms with van der Waals surface area (Å²) < 4.78 is 57.3. The number of carbonyl (C=O) groups excluding carboxylic acids is 2. The molecule has 2 aromatic carbocycles. The second-order valence-electron chi connectivity index (χ2n) is 7.97. The predicted molar refractivity (Wildman–Crippen MR) is 116 cm³/mol. The number of rotatable bonds is 6. The van der Waals surface area contributed by atoms with E-state index < -0.39 is 30.1 Å². The van der Waals surface area contributed by atoms with Gasteiger partial charge in [0.05, 0.1) is 17.7 Å². The molecule has 6 nitrogen and oxygen atoms in total. The molecular formula is C25H22F3NO5. The molecule has 0 N–H and O–H groups in total. The Morgan fingerprint density at radius 1 is 1.06 bits per heavy atom. The number of aromatic nitrogens is 1. The van der Waals surface area contributed by atoms with Crippen LogP contribution in [-0.2, 0) is 17.5 Å². The minimum atomic E-state index is -4.58. The summed E-state index contributed by atoms with van der Waals surface area (Å²) >= 11 is 0. The fourth-order valence-electron chi connectivity index (χ4n) is 3.84. The van der Waals surface area contributed by atoms with Crippen molar-refractivity contribution >= 4 is 11.8 Å². The van der Waals surface area contributed by atoms with E-state index in [4.69, 9.17) is 14.2 Å². The topological polar surface area (TPSA) is 66.8 Å². The van der Waals surface area contributed by atoms with Crippen LogP contribution in [0.2, 0.25) is 0 Å². The summed E-state index contributed by atoms with van der Waals surface area (Å²) in [6, 6.07) is 12.9. The Kier molecular flexibility index (Phi) is 6.37. The summed E-state index contributed by atoms with van der Waals surface area (Å²) in [5.41, 5.74) is 0.607. The molecule has 34 heavy (non-hydrogen) atoms. The third kappa shape index (κ3) is 4.93. The molecule has 4 rings (SSSR count). The van der Waals surface area contributed by atoms with E-state index in [1.807, 2.05) is 35.8 Å². The van der Waals surface area contributed by atoms with Crippen molar-refractivity contribution in [1.82, 2.24) is 4.57 Å². The van der Waals surface area contributed by atoms with Gasteiger partial charge < -0.3 is 18.8 Å². The van der Waals surface area contributed by atoms with Crippen molar-refractivity contribution in [2.24, 2.45) is 0 Å². The average molecular weight is 473 g/mol. The molecule has 178 valence electrons. The molecule has 1 aromatic heterocycles. The van der Waals surface area contributed by atoms with E-state index in [0.717, 1.165) is 17.8 Å². The van der Waals surface area contributed by atoms with Gasteiger partial charge in [0.25, 0.3) is 0 Å². The fraction of sp³-hybridized carbons (Fsp3) is 0.280. The van der Waals surface area contributed by atoms with Crippen LogP contribution in [0.1, 0.15) is 37.7 Å². The highest BCUT2D eigenvalue weighted by Gasteiger charge is 2.31. The van der Waals surface area contributed by atoms with Gasteiger partial charge in [0.2, 0.25) is 5.78 Å². The second-order valence-corrected chi connectivity index (χ2v) is 7.97. The van der Waals surface area contributed by atoms with E-state index in [1.165, 1.54) is 6.07 Å². The van der Waals surface area contributed by atoms with Crippen LogP contribution in [-0.4, -0.2) is 35.6 Å². The highest BCUT2D eigenvalue weighted by atomic mass is 19.4. The first kappa shape index (κ1) is 23.4. The number of hydrogen-bond acceptors (Lipinski definition) is 5. The monoisotopic (exact) mass is 473 g/mol. The fourth-order valence-corrected chi connectivity index (χ4v) is 3.84. The van der Waals surface area contributed by atoms with Crippen molar-refractivity contribution < 1.29 is 37.0 Å². The number of ketones is 1. The molecular weight excluding hydrogens is 451 g/mol. The van der Waals surface area contributed by atoms with Gasteiger partial charge >= 0.3 is 12.1 Å². The number of aryl methyl sites for hydroxylation is 1. The van der Waals surface area contributed by atoms with Crippen molar-refractivity contribution in [2.75, 3.05) is 13.2 Å². The molecule has 0 saturated heterocycles. The molecule has 3 aromatic rings. The molecule has 0 saturated carbocycles. The SMILES string of the molecule is Cc1cc(C(=O)COC(=O)c2cccc(C(F)(F)F)c2)c(C)n1CC1COc2ccccc2O1. The zero-order valence-corrected chi connectivity index (χ0v) is 18.5. The Balaban J connectivity index is 1.41. The third-order valence-corrected chi connectivity index (χ3v) is 5.59. The number of Topliss-reactive ketones (excluding diaryl/α,β-unsaturated/α-hetero) is 1. The van der Waals surface area contributed by atoms with E-state index >= 15 is 0 Å². The van der Waals surface area contributed by atoms with Crippen LogP contribution in [0.15, 0.2) is 54.6 Å². The molecule has 0 spiro atoms. The van der Waals surface area contributed by atoms with Crippen LogP contribution in [0.4, 0.5) is 13.2 Å². The molecule has 1 aliphatic heterocycles. The maximum atomic E-state index is 12.9. The van der Waals surface area contributed by atoms with E-state index in [1.54, 1.807) is 13.0 Å². The Morgan fingerprint density at radius 2 is 1.79 bits per heavy atom. The van der Waals surface area contributed by atoms with Crippen molar-refractivity contribution in [3.63, 3.8) is 0 Å². The Labute approximate surface area is 193 Å². The number of esters is 1. The maximum Gasteiger partial charge on any atom is 0.416 e. The standard InChI is InChI=1S/C25H22F3NO5/c1-15-10-20(16(2)29(15)12-19-13-32-22-8-3-4-9-23(22)34-19)21(30)14-33-24(31)17-6-5-7-18(11-17)25(26,27)28/h3-11,19H,12-14H2,1-2H3. The van der Waals surface area contributed by atoms with Crippen LogP contribution in [0, 0.1) is 13.8 Å². The van der Waals surface area contributed by atoms with Gasteiger partial charge in [-0.3, -0.25) is 4.79 Å². The molecule has 0 amide bonds. The summed E-state index contributed by atoms with van der Waals surface area (Å²) in [4.78, 5) is 24.9. The number of fused-ring (bicyclic) bond motifs is 1. The van der Waals surface area contributed by atoms with Crippen LogP contribution in [0.25, 0.3) is 0 Å². The Hall–Kier alpha value is -3.75. The molecule has 0 radical (unpaired) electrons. The number of ether oxygens (including phenoxy) is 3. The number of alkyl halides is 3. The lowest BCUT2D eigenvalue weighted by atomic mass is 10.1. The molecule has 9 heteroatoms. The van der Waals surface area contributed by atoms with Crippen molar-refractivity contribution in [1.29, 1.82) is 0 Å². The Bertz CT molecular complexity index is 1230. The summed E-state index contributed by atoms with van der Waals surface area (Å²) in [7, 11) is 0. The summed E-state index contributed by atoms with van der Waals surface area (Å²) in [5, 5.41) is 0. The van der Waals surface area contributed by atoms with Gasteiger partial charge in [0.15, 0.2) is 24.2 Å². The van der Waals surface area contributed by atoms with Crippen LogP contribution in [0.5, 0.6) is 11.5 Å². The minimum Gasteiger partial charge on any atom is -0.486 e. The predicted octanol–water partition coefficient (Wildman–Crippen LogP) is 5.00. The van der Waals surface area contributed by atoms with Gasteiger partial charge in [-0.1, -0.05) is 18.2 Å². The van der Waals surface area contributed by atoms with Crippen LogP contribution in [0.3, 0.4) is 0 Å². The van der Waals surface area contributed by atoms with Crippen molar-refractivity contribution in [3.05, 3.63) is 82.7 Å². The van der Waals surface area contributed by atoms with Gasteiger partial charge in [-0.25, -0.2) is 4.79 Å². The number of halogens is 3. The van der Waals surface area contributed by atoms with E-state index in [-0.39, 0.29) is 11.7 Å². The van der Waals surface area contributed by atoms with Gasteiger partial charge in [-0.05, 0) is 50.2 Å². The summed E-state index contributed by atoms with van der Waals surface area (Å²) in [6.45, 7) is 3.83. The largest absolute Gasteiger partial charge is 0.486 e. The minimum absolute atomic E-state index is 0.263. The van der Waals surface area contributed by atoms with Crippen molar-refractivity contribution in [3.8, 4) is 11.5 Å². The summed E-state index contributed by atoms with van der Waals surface area (Å²) in [5.74, 6) is -0.123. The molecule has 1 unspecified atom stereocenters. The van der Waals surface area contributed by atoms with Gasteiger partial charge in [0, 0.05) is 17.0 Å². The number of para-hydroxylation sites is 2. The molecule has 0 aliphatic carbocycles. The normalized spacial score (nSPS) is 15.1. The lowest BCUT2D eigenvalue weighted by Crippen LogP contribution is -2.33. The van der Waals surface area contributed by atoms with E-state index in [0.29, 0.717) is 42.0 Å². The highest BCUT2D eigenvalue weighted by Crippen LogP contribution is 2.32. The van der Waals surface area contributed by atoms with Gasteiger partial charge in [-0.15, -0.1) is 0 Å². The van der Waals surface area contributed by atoms with Gasteiger partial charge in [0.1, 0.15) is 6.61 Å². The first-order valence-electron chi connectivity index (χ1n) is 10.6. The first-order chi connectivity index (χ1) is 16.1.